The van der Waals surface area contributed by atoms with Gasteiger partial charge in [0.2, 0.25) is 0 Å². The molecular weight excluding hydrogens is 531 g/mol. The monoisotopic (exact) mass is 565 g/mol. The molecule has 0 amide bonds. The van der Waals surface area contributed by atoms with E-state index in [1.807, 2.05) is 25.1 Å². The second kappa shape index (κ2) is 11.6. The molecule has 1 aliphatic carbocycles. The summed E-state index contributed by atoms with van der Waals surface area (Å²) < 4.78 is 43.5. The number of rotatable bonds is 10. The number of benzene rings is 1. The van der Waals surface area contributed by atoms with E-state index < -0.39 is 11.9 Å². The minimum absolute atomic E-state index is 0.0548. The zero-order chi connectivity index (χ0) is 29.3. The maximum absolute atomic E-state index is 13.6. The molecule has 7 nitrogen and oxygen atoms in total. The van der Waals surface area contributed by atoms with Crippen molar-refractivity contribution in [1.29, 1.82) is 0 Å². The van der Waals surface area contributed by atoms with Crippen molar-refractivity contribution in [3.63, 3.8) is 0 Å². The van der Waals surface area contributed by atoms with Crippen LogP contribution in [0.25, 0.3) is 16.9 Å². The molecule has 4 aromatic rings. The third-order valence-electron chi connectivity index (χ3n) is 8.06. The van der Waals surface area contributed by atoms with Gasteiger partial charge in [0.15, 0.2) is 17.1 Å². The van der Waals surface area contributed by atoms with Gasteiger partial charge in [-0.1, -0.05) is 25.1 Å². The maximum atomic E-state index is 13.6. The molecule has 1 fully saturated rings. The van der Waals surface area contributed by atoms with Crippen molar-refractivity contribution in [2.75, 3.05) is 0 Å². The summed E-state index contributed by atoms with van der Waals surface area (Å²) in [5.41, 5.74) is 2.75. The van der Waals surface area contributed by atoms with E-state index in [1.54, 1.807) is 16.8 Å². The zero-order valence-electron chi connectivity index (χ0n) is 23.5. The van der Waals surface area contributed by atoms with E-state index in [1.165, 1.54) is 19.4 Å². The van der Waals surface area contributed by atoms with Gasteiger partial charge in [0, 0.05) is 56.4 Å². The van der Waals surface area contributed by atoms with E-state index in [4.69, 9.17) is 0 Å². The standard InChI is InChI=1S/C31H34F3N5O2/c1-19-8-10-22(14-19)27(40)6-4-5-7-28(41)23-11-9-21(15-20(23)2)16-25-30-36-17-26(39(30)13-12-35-25)24-18-38(3)37-29(24)31(32,33)34/h9,11-13,15,17-19,22H,4-8,10,14,16H2,1-3H3/t19-,22-/m0/s1. The van der Waals surface area contributed by atoms with Gasteiger partial charge in [-0.15, -0.1) is 0 Å². The van der Waals surface area contributed by atoms with E-state index in [2.05, 4.69) is 22.0 Å². The molecule has 0 unspecified atom stereocenters. The van der Waals surface area contributed by atoms with Gasteiger partial charge in [-0.2, -0.15) is 18.3 Å². The van der Waals surface area contributed by atoms with Gasteiger partial charge in [0.05, 0.1) is 23.1 Å². The smallest absolute Gasteiger partial charge is 0.299 e. The van der Waals surface area contributed by atoms with Crippen molar-refractivity contribution < 1.29 is 22.8 Å². The topological polar surface area (TPSA) is 82.2 Å². The van der Waals surface area contributed by atoms with Gasteiger partial charge in [0.25, 0.3) is 0 Å². The summed E-state index contributed by atoms with van der Waals surface area (Å²) in [6.07, 6.45) is 7.17. The minimum atomic E-state index is -4.60. The third kappa shape index (κ3) is 6.26. The Balaban J connectivity index is 1.25. The van der Waals surface area contributed by atoms with Crippen molar-refractivity contribution in [1.82, 2.24) is 24.1 Å². The number of unbranched alkanes of at least 4 members (excludes halogenated alkanes) is 1. The molecule has 1 aliphatic rings. The van der Waals surface area contributed by atoms with Crippen LogP contribution in [0.15, 0.2) is 43.0 Å². The summed E-state index contributed by atoms with van der Waals surface area (Å²) >= 11 is 0. The van der Waals surface area contributed by atoms with Gasteiger partial charge in [-0.25, -0.2) is 4.98 Å². The molecule has 0 bridgehead atoms. The van der Waals surface area contributed by atoms with Crippen LogP contribution in [-0.4, -0.2) is 35.7 Å². The lowest BCUT2D eigenvalue weighted by Gasteiger charge is -2.10. The predicted molar refractivity (Wildman–Crippen MR) is 148 cm³/mol. The van der Waals surface area contributed by atoms with Crippen molar-refractivity contribution in [3.05, 3.63) is 71.1 Å². The molecule has 0 spiro atoms. The molecule has 0 saturated heterocycles. The van der Waals surface area contributed by atoms with Crippen molar-refractivity contribution in [3.8, 4) is 11.3 Å². The SMILES string of the molecule is Cc1cc(Cc2nccn3c(-c4cn(C)nc4C(F)(F)F)cnc23)ccc1C(=O)CCCCC(=O)[C@H]1CC[C@H](C)C1. The number of nitrogens with zero attached hydrogens (tertiary/aromatic N) is 5. The fraction of sp³-hybridized carbons (Fsp3) is 0.452. The molecule has 0 radical (unpaired) electrons. The Morgan fingerprint density at radius 1 is 1.10 bits per heavy atom. The highest BCUT2D eigenvalue weighted by molar-refractivity contribution is 5.97. The number of carbonyl (C=O) groups is 2. The Morgan fingerprint density at radius 2 is 1.88 bits per heavy atom. The van der Waals surface area contributed by atoms with E-state index in [0.717, 1.165) is 41.5 Å². The summed E-state index contributed by atoms with van der Waals surface area (Å²) in [5, 5.41) is 3.61. The van der Waals surface area contributed by atoms with Crippen molar-refractivity contribution in [2.45, 2.75) is 71.4 Å². The first kappa shape index (κ1) is 28.7. The maximum Gasteiger partial charge on any atom is 0.435 e. The van der Waals surface area contributed by atoms with Gasteiger partial charge in [0.1, 0.15) is 5.78 Å². The summed E-state index contributed by atoms with van der Waals surface area (Å²) in [7, 11) is 1.45. The number of imidazole rings is 1. The number of Topliss-reactive ketones (excluding diaryl/α,β-unsaturated/α-hetero) is 2. The number of hydrogen-bond donors (Lipinski definition) is 0. The van der Waals surface area contributed by atoms with Crippen LogP contribution in [0.1, 0.15) is 84.7 Å². The number of fused-ring (bicyclic) bond motifs is 1. The van der Waals surface area contributed by atoms with Crippen LogP contribution in [0, 0.1) is 18.8 Å². The van der Waals surface area contributed by atoms with Crippen LogP contribution in [0.4, 0.5) is 13.2 Å². The molecule has 41 heavy (non-hydrogen) atoms. The van der Waals surface area contributed by atoms with Gasteiger partial charge in [-0.05, 0) is 56.1 Å². The quantitative estimate of drug-likeness (QED) is 0.156. The second-order valence-electron chi connectivity index (χ2n) is 11.3. The Labute approximate surface area is 236 Å². The van der Waals surface area contributed by atoms with Crippen molar-refractivity contribution >= 4 is 17.2 Å². The van der Waals surface area contributed by atoms with Crippen LogP contribution in [0.5, 0.6) is 0 Å². The Kier molecular flexibility index (Phi) is 8.11. The molecule has 0 aliphatic heterocycles. The first-order chi connectivity index (χ1) is 19.5. The molecule has 10 heteroatoms. The van der Waals surface area contributed by atoms with E-state index in [9.17, 15) is 22.8 Å². The molecule has 0 N–H and O–H groups in total. The average molecular weight is 566 g/mol. The summed E-state index contributed by atoms with van der Waals surface area (Å²) in [6, 6.07) is 5.64. The normalized spacial score (nSPS) is 17.4. The van der Waals surface area contributed by atoms with Crippen LogP contribution in [-0.2, 0) is 24.4 Å². The number of aromatic nitrogens is 5. The van der Waals surface area contributed by atoms with Gasteiger partial charge in [-0.3, -0.25) is 23.7 Å². The highest BCUT2D eigenvalue weighted by Gasteiger charge is 2.38. The van der Waals surface area contributed by atoms with Crippen molar-refractivity contribution in [2.24, 2.45) is 18.9 Å². The Bertz CT molecular complexity index is 1590. The van der Waals surface area contributed by atoms with E-state index in [-0.39, 0.29) is 23.0 Å². The summed E-state index contributed by atoms with van der Waals surface area (Å²) in [4.78, 5) is 34.1. The molecule has 1 saturated carbocycles. The number of hydrogen-bond acceptors (Lipinski definition) is 5. The zero-order valence-corrected chi connectivity index (χ0v) is 23.5. The number of ketones is 2. The lowest BCUT2D eigenvalue weighted by atomic mass is 9.94. The van der Waals surface area contributed by atoms with E-state index >= 15 is 0 Å². The molecule has 2 atom stereocenters. The fourth-order valence-electron chi connectivity index (χ4n) is 5.95. The second-order valence-corrected chi connectivity index (χ2v) is 11.3. The predicted octanol–water partition coefficient (Wildman–Crippen LogP) is 6.80. The lowest BCUT2D eigenvalue weighted by Crippen LogP contribution is -2.11. The fourth-order valence-corrected chi connectivity index (χ4v) is 5.95. The number of halogens is 3. The summed E-state index contributed by atoms with van der Waals surface area (Å²) in [5.74, 6) is 1.25. The molecule has 216 valence electrons. The molecular formula is C31H34F3N5O2. The van der Waals surface area contributed by atoms with Crippen LogP contribution < -0.4 is 0 Å². The number of carbonyl (C=O) groups excluding carboxylic acids is 2. The molecule has 5 rings (SSSR count). The number of alkyl halides is 3. The summed E-state index contributed by atoms with van der Waals surface area (Å²) in [6.45, 7) is 4.09. The first-order valence-electron chi connectivity index (χ1n) is 14.1. The molecule has 3 heterocycles. The third-order valence-corrected chi connectivity index (χ3v) is 8.06. The highest BCUT2D eigenvalue weighted by Crippen LogP contribution is 2.36. The molecule has 3 aromatic heterocycles. The van der Waals surface area contributed by atoms with Crippen LogP contribution in [0.2, 0.25) is 0 Å². The largest absolute Gasteiger partial charge is 0.435 e. The number of aryl methyl sites for hydroxylation is 2. The van der Waals surface area contributed by atoms with E-state index in [0.29, 0.717) is 54.3 Å². The highest BCUT2D eigenvalue weighted by atomic mass is 19.4. The Hall–Kier alpha value is -3.82. The Morgan fingerprint density at radius 3 is 2.59 bits per heavy atom. The molecule has 1 aromatic carbocycles. The van der Waals surface area contributed by atoms with Gasteiger partial charge < -0.3 is 0 Å². The first-order valence-corrected chi connectivity index (χ1v) is 14.1. The van der Waals surface area contributed by atoms with Crippen LogP contribution in [0.3, 0.4) is 0 Å². The lowest BCUT2D eigenvalue weighted by molar-refractivity contribution is -0.141. The van der Waals surface area contributed by atoms with Crippen LogP contribution >= 0.6 is 0 Å². The average Bonchev–Trinajstić information content (AvgIpc) is 3.64. The van der Waals surface area contributed by atoms with Gasteiger partial charge >= 0.3 is 6.18 Å². The minimum Gasteiger partial charge on any atom is -0.299 e.